The van der Waals surface area contributed by atoms with E-state index in [1.807, 2.05) is 42.5 Å². The van der Waals surface area contributed by atoms with Crippen molar-refractivity contribution in [2.24, 2.45) is 5.73 Å². The molecule has 0 unspecified atom stereocenters. The quantitative estimate of drug-likeness (QED) is 0.774. The van der Waals surface area contributed by atoms with Crippen molar-refractivity contribution < 1.29 is 0 Å². The lowest BCUT2D eigenvalue weighted by molar-refractivity contribution is 0.982. The van der Waals surface area contributed by atoms with E-state index >= 15 is 0 Å². The van der Waals surface area contributed by atoms with Gasteiger partial charge in [0.1, 0.15) is 5.03 Å². The van der Waals surface area contributed by atoms with Crippen molar-refractivity contribution in [3.05, 3.63) is 65.2 Å². The molecule has 0 aliphatic carbocycles. The fraction of sp³-hybridized carbons (Fsp3) is 0.0625. The largest absolute Gasteiger partial charge is 0.326 e. The Bertz CT molecular complexity index is 758. The average Bonchev–Trinajstić information content (AvgIpc) is 2.46. The fourth-order valence-corrected chi connectivity index (χ4v) is 3.25. The minimum Gasteiger partial charge on any atom is -0.326 e. The molecule has 0 atom stereocenters. The van der Waals surface area contributed by atoms with Crippen LogP contribution in [0.3, 0.4) is 0 Å². The van der Waals surface area contributed by atoms with E-state index in [9.17, 15) is 0 Å². The number of halogens is 1. The first-order valence-corrected chi connectivity index (χ1v) is 7.48. The molecule has 3 rings (SSSR count). The Hall–Kier alpha value is -1.55. The maximum Gasteiger partial charge on any atom is 0.106 e. The number of hydrogen-bond acceptors (Lipinski definition) is 3. The fourth-order valence-electron chi connectivity index (χ4n) is 2.02. The Labute approximate surface area is 127 Å². The minimum atomic E-state index is 0.473. The molecule has 2 aromatic carbocycles. The number of nitrogens with zero attached hydrogens (tertiary/aromatic N) is 1. The summed E-state index contributed by atoms with van der Waals surface area (Å²) < 4.78 is 0. The zero-order chi connectivity index (χ0) is 13.9. The summed E-state index contributed by atoms with van der Waals surface area (Å²) >= 11 is 7.61. The van der Waals surface area contributed by atoms with Crippen LogP contribution >= 0.6 is 23.4 Å². The molecule has 100 valence electrons. The highest BCUT2D eigenvalue weighted by Crippen LogP contribution is 2.32. The lowest BCUT2D eigenvalue weighted by Crippen LogP contribution is -2.00. The zero-order valence-corrected chi connectivity index (χ0v) is 12.3. The summed E-state index contributed by atoms with van der Waals surface area (Å²) in [5.41, 5.74) is 7.88. The number of fused-ring (bicyclic) bond motifs is 1. The van der Waals surface area contributed by atoms with E-state index in [1.165, 1.54) is 0 Å². The summed E-state index contributed by atoms with van der Waals surface area (Å²) in [5.74, 6) is 0. The topological polar surface area (TPSA) is 38.9 Å². The third-order valence-electron chi connectivity index (χ3n) is 2.99. The second-order valence-electron chi connectivity index (χ2n) is 4.41. The Morgan fingerprint density at radius 2 is 1.90 bits per heavy atom. The molecular formula is C16H13ClN2S. The third kappa shape index (κ3) is 2.80. The average molecular weight is 301 g/mol. The van der Waals surface area contributed by atoms with Crippen molar-refractivity contribution in [3.8, 4) is 0 Å². The smallest absolute Gasteiger partial charge is 0.106 e. The molecule has 0 saturated heterocycles. The van der Waals surface area contributed by atoms with Gasteiger partial charge in [-0.25, -0.2) is 4.98 Å². The number of benzene rings is 2. The molecule has 2 N–H and O–H groups in total. The highest BCUT2D eigenvalue weighted by atomic mass is 35.5. The van der Waals surface area contributed by atoms with Crippen LogP contribution in [-0.2, 0) is 6.54 Å². The number of para-hydroxylation sites is 1. The molecule has 0 fully saturated rings. The molecule has 4 heteroatoms. The Kier molecular flexibility index (Phi) is 3.92. The number of hydrogen-bond donors (Lipinski definition) is 1. The zero-order valence-electron chi connectivity index (χ0n) is 10.7. The highest BCUT2D eigenvalue weighted by molar-refractivity contribution is 7.99. The van der Waals surface area contributed by atoms with Gasteiger partial charge in [0, 0.05) is 21.8 Å². The van der Waals surface area contributed by atoms with Crippen LogP contribution in [0.2, 0.25) is 5.02 Å². The van der Waals surface area contributed by atoms with E-state index < -0.39 is 0 Å². The number of nitrogens with two attached hydrogens (primary N) is 1. The maximum absolute atomic E-state index is 6.02. The molecule has 0 aliphatic heterocycles. The summed E-state index contributed by atoms with van der Waals surface area (Å²) in [5, 5.41) is 2.78. The first kappa shape index (κ1) is 13.4. The van der Waals surface area contributed by atoms with E-state index in [0.717, 1.165) is 31.4 Å². The minimum absolute atomic E-state index is 0.473. The van der Waals surface area contributed by atoms with Crippen LogP contribution in [0.4, 0.5) is 0 Å². The SMILES string of the molecule is NCc1cc2ccccc2nc1Sc1cccc(Cl)c1. The van der Waals surface area contributed by atoms with Crippen molar-refractivity contribution in [2.45, 2.75) is 16.5 Å². The van der Waals surface area contributed by atoms with E-state index in [-0.39, 0.29) is 0 Å². The number of rotatable bonds is 3. The van der Waals surface area contributed by atoms with Crippen LogP contribution < -0.4 is 5.73 Å². The summed E-state index contributed by atoms with van der Waals surface area (Å²) in [6.07, 6.45) is 0. The molecule has 2 nitrogen and oxygen atoms in total. The van der Waals surface area contributed by atoms with E-state index in [0.29, 0.717) is 6.54 Å². The maximum atomic E-state index is 6.02. The lowest BCUT2D eigenvalue weighted by Gasteiger charge is -2.09. The van der Waals surface area contributed by atoms with Gasteiger partial charge in [-0.05, 0) is 35.9 Å². The second-order valence-corrected chi connectivity index (χ2v) is 5.91. The predicted molar refractivity (Wildman–Crippen MR) is 85.2 cm³/mol. The van der Waals surface area contributed by atoms with Crippen LogP contribution in [0.1, 0.15) is 5.56 Å². The van der Waals surface area contributed by atoms with E-state index in [4.69, 9.17) is 22.3 Å². The van der Waals surface area contributed by atoms with Gasteiger partial charge in [-0.2, -0.15) is 0 Å². The van der Waals surface area contributed by atoms with Crippen LogP contribution in [0, 0.1) is 0 Å². The van der Waals surface area contributed by atoms with Crippen molar-refractivity contribution in [2.75, 3.05) is 0 Å². The summed E-state index contributed by atoms with van der Waals surface area (Å²) in [6, 6.07) is 17.9. The van der Waals surface area contributed by atoms with Crippen LogP contribution in [0.15, 0.2) is 64.5 Å². The first-order valence-electron chi connectivity index (χ1n) is 6.28. The first-order chi connectivity index (χ1) is 9.76. The molecule has 1 heterocycles. The van der Waals surface area contributed by atoms with Gasteiger partial charge in [-0.15, -0.1) is 0 Å². The molecule has 3 aromatic rings. The molecule has 0 aliphatic rings. The van der Waals surface area contributed by atoms with Crippen molar-refractivity contribution in [3.63, 3.8) is 0 Å². The molecule has 0 radical (unpaired) electrons. The summed E-state index contributed by atoms with van der Waals surface area (Å²) in [4.78, 5) is 5.78. The van der Waals surface area contributed by atoms with Gasteiger partial charge >= 0.3 is 0 Å². The molecule has 0 spiro atoms. The Morgan fingerprint density at radius 3 is 2.70 bits per heavy atom. The van der Waals surface area contributed by atoms with Gasteiger partial charge in [0.25, 0.3) is 0 Å². The van der Waals surface area contributed by atoms with Gasteiger partial charge in [0.05, 0.1) is 5.52 Å². The summed E-state index contributed by atoms with van der Waals surface area (Å²) in [6.45, 7) is 0.473. The molecular weight excluding hydrogens is 288 g/mol. The van der Waals surface area contributed by atoms with E-state index in [2.05, 4.69) is 12.1 Å². The van der Waals surface area contributed by atoms with E-state index in [1.54, 1.807) is 11.8 Å². The Morgan fingerprint density at radius 1 is 1.05 bits per heavy atom. The molecule has 1 aromatic heterocycles. The van der Waals surface area contributed by atoms with Crippen molar-refractivity contribution >= 4 is 34.3 Å². The Balaban J connectivity index is 2.05. The standard InChI is InChI=1S/C16H13ClN2S/c17-13-5-3-6-14(9-13)20-16-12(10-18)8-11-4-1-2-7-15(11)19-16/h1-9H,10,18H2. The van der Waals surface area contributed by atoms with Crippen LogP contribution in [0.5, 0.6) is 0 Å². The monoisotopic (exact) mass is 300 g/mol. The molecule has 0 bridgehead atoms. The molecule has 20 heavy (non-hydrogen) atoms. The number of aromatic nitrogens is 1. The molecule has 0 amide bonds. The number of pyridine rings is 1. The third-order valence-corrected chi connectivity index (χ3v) is 4.27. The van der Waals surface area contributed by atoms with Gasteiger partial charge in [-0.1, -0.05) is 47.6 Å². The van der Waals surface area contributed by atoms with Gasteiger partial charge in [0.15, 0.2) is 0 Å². The van der Waals surface area contributed by atoms with Gasteiger partial charge < -0.3 is 5.73 Å². The van der Waals surface area contributed by atoms with Crippen LogP contribution in [0.25, 0.3) is 10.9 Å². The summed E-state index contributed by atoms with van der Waals surface area (Å²) in [7, 11) is 0. The second kappa shape index (κ2) is 5.83. The van der Waals surface area contributed by atoms with Crippen molar-refractivity contribution in [1.29, 1.82) is 0 Å². The van der Waals surface area contributed by atoms with Gasteiger partial charge in [0.2, 0.25) is 0 Å². The van der Waals surface area contributed by atoms with Crippen LogP contribution in [-0.4, -0.2) is 4.98 Å². The lowest BCUT2D eigenvalue weighted by atomic mass is 10.1. The predicted octanol–water partition coefficient (Wildman–Crippen LogP) is 4.50. The van der Waals surface area contributed by atoms with Gasteiger partial charge in [-0.3, -0.25) is 0 Å². The highest BCUT2D eigenvalue weighted by Gasteiger charge is 2.08. The normalized spacial score (nSPS) is 10.9. The van der Waals surface area contributed by atoms with Crippen molar-refractivity contribution in [1.82, 2.24) is 4.98 Å². The molecule has 0 saturated carbocycles.